The third kappa shape index (κ3) is 2.28. The summed E-state index contributed by atoms with van der Waals surface area (Å²) in [6, 6.07) is 2.63. The Morgan fingerprint density at radius 3 is 2.42 bits per heavy atom. The third-order valence-corrected chi connectivity index (χ3v) is 2.26. The van der Waals surface area contributed by atoms with E-state index in [4.69, 9.17) is 9.52 Å². The number of anilines is 1. The number of rotatable bonds is 2. The molecule has 0 saturated heterocycles. The number of nitrogens with one attached hydrogen (secondary N) is 1. The van der Waals surface area contributed by atoms with Gasteiger partial charge in [-0.2, -0.15) is 0 Å². The lowest BCUT2D eigenvalue weighted by atomic mass is 10.1. The predicted octanol–water partition coefficient (Wildman–Crippen LogP) is 2.73. The van der Waals surface area contributed by atoms with Crippen molar-refractivity contribution < 1.29 is 33.3 Å². The third-order valence-electron chi connectivity index (χ3n) is 2.26. The lowest BCUT2D eigenvalue weighted by molar-refractivity contribution is 0.209. The van der Waals surface area contributed by atoms with Crippen molar-refractivity contribution in [1.29, 1.82) is 0 Å². The van der Waals surface area contributed by atoms with Crippen LogP contribution in [0.15, 0.2) is 22.6 Å². The molecule has 1 amide bonds. The van der Waals surface area contributed by atoms with Gasteiger partial charge in [-0.3, -0.25) is 5.32 Å². The fraction of sp³-hybridized carbons (Fsp3) is 0. The number of carboxylic acid groups (broad SMARTS) is 1. The fourth-order valence-corrected chi connectivity index (χ4v) is 1.43. The molecule has 0 bridgehead atoms. The standard InChI is InChI=1S/C11H7F2NO5/c12-5-2-1-4(3-6(5)13)9-7(15)8(16)10(19-9)14-11(17)18/h1-3,14-16H,(H,17,18). The van der Waals surface area contributed by atoms with E-state index >= 15 is 0 Å². The van der Waals surface area contributed by atoms with E-state index in [1.54, 1.807) is 5.32 Å². The summed E-state index contributed by atoms with van der Waals surface area (Å²) in [5.74, 6) is -4.91. The van der Waals surface area contributed by atoms with Crippen LogP contribution in [0.3, 0.4) is 0 Å². The first-order valence-corrected chi connectivity index (χ1v) is 4.90. The maximum Gasteiger partial charge on any atom is 0.411 e. The van der Waals surface area contributed by atoms with Gasteiger partial charge in [0.05, 0.1) is 0 Å². The topological polar surface area (TPSA) is 103 Å². The van der Waals surface area contributed by atoms with E-state index in [-0.39, 0.29) is 11.3 Å². The van der Waals surface area contributed by atoms with Crippen LogP contribution in [0.25, 0.3) is 11.3 Å². The van der Waals surface area contributed by atoms with Gasteiger partial charge in [-0.15, -0.1) is 0 Å². The number of hydrogen-bond acceptors (Lipinski definition) is 4. The number of halogens is 2. The Morgan fingerprint density at radius 1 is 1.16 bits per heavy atom. The Morgan fingerprint density at radius 2 is 1.84 bits per heavy atom. The second-order valence-corrected chi connectivity index (χ2v) is 3.52. The minimum atomic E-state index is -1.53. The maximum atomic E-state index is 13.0. The molecule has 1 aromatic carbocycles. The van der Waals surface area contributed by atoms with Crippen molar-refractivity contribution in [2.24, 2.45) is 0 Å². The number of aromatic hydroxyl groups is 2. The number of hydrogen-bond donors (Lipinski definition) is 4. The highest BCUT2D eigenvalue weighted by atomic mass is 19.2. The molecular weight excluding hydrogens is 264 g/mol. The maximum absolute atomic E-state index is 13.0. The Hall–Kier alpha value is -2.77. The van der Waals surface area contributed by atoms with Gasteiger partial charge in [0.1, 0.15) is 0 Å². The van der Waals surface area contributed by atoms with Gasteiger partial charge in [-0.05, 0) is 18.2 Å². The molecule has 0 aliphatic heterocycles. The summed E-state index contributed by atoms with van der Waals surface area (Å²) >= 11 is 0. The van der Waals surface area contributed by atoms with E-state index in [9.17, 15) is 23.8 Å². The van der Waals surface area contributed by atoms with Gasteiger partial charge in [0.15, 0.2) is 17.4 Å². The lowest BCUT2D eigenvalue weighted by Crippen LogP contribution is -2.06. The largest absolute Gasteiger partial charge is 0.502 e. The molecule has 4 N–H and O–H groups in total. The van der Waals surface area contributed by atoms with Crippen LogP contribution in [-0.2, 0) is 0 Å². The van der Waals surface area contributed by atoms with Crippen molar-refractivity contribution in [1.82, 2.24) is 0 Å². The summed E-state index contributed by atoms with van der Waals surface area (Å²) in [7, 11) is 0. The predicted molar refractivity (Wildman–Crippen MR) is 59.0 cm³/mol. The molecule has 0 saturated carbocycles. The fourth-order valence-electron chi connectivity index (χ4n) is 1.43. The van der Waals surface area contributed by atoms with Crippen LogP contribution in [0, 0.1) is 11.6 Å². The first-order chi connectivity index (χ1) is 8.90. The molecule has 0 unspecified atom stereocenters. The van der Waals surface area contributed by atoms with Gasteiger partial charge in [0, 0.05) is 5.56 Å². The zero-order valence-corrected chi connectivity index (χ0v) is 9.15. The number of carbonyl (C=O) groups is 1. The van der Waals surface area contributed by atoms with Gasteiger partial charge < -0.3 is 19.7 Å². The molecule has 0 aliphatic carbocycles. The van der Waals surface area contributed by atoms with Gasteiger partial charge in [-0.25, -0.2) is 13.6 Å². The monoisotopic (exact) mass is 271 g/mol. The summed E-state index contributed by atoms with van der Waals surface area (Å²) in [5.41, 5.74) is -0.0647. The van der Waals surface area contributed by atoms with Crippen LogP contribution < -0.4 is 5.32 Å². The number of benzene rings is 1. The molecule has 19 heavy (non-hydrogen) atoms. The van der Waals surface area contributed by atoms with E-state index in [1.165, 1.54) is 0 Å². The molecule has 0 atom stereocenters. The van der Waals surface area contributed by atoms with Crippen molar-refractivity contribution in [2.75, 3.05) is 5.32 Å². The van der Waals surface area contributed by atoms with Crippen LogP contribution in [-0.4, -0.2) is 21.4 Å². The molecule has 0 spiro atoms. The number of furan rings is 1. The van der Waals surface area contributed by atoms with Crippen LogP contribution in [0.1, 0.15) is 0 Å². The minimum absolute atomic E-state index is 0.0647. The van der Waals surface area contributed by atoms with Crippen molar-refractivity contribution in [3.05, 3.63) is 29.8 Å². The Bertz CT molecular complexity index is 653. The summed E-state index contributed by atoms with van der Waals surface area (Å²) in [6.45, 7) is 0. The molecule has 6 nitrogen and oxygen atoms in total. The highest BCUT2D eigenvalue weighted by Gasteiger charge is 2.22. The molecule has 100 valence electrons. The van der Waals surface area contributed by atoms with Crippen LogP contribution >= 0.6 is 0 Å². The first kappa shape index (κ1) is 12.7. The molecule has 0 aliphatic rings. The average Bonchev–Trinajstić information content (AvgIpc) is 2.60. The van der Waals surface area contributed by atoms with Gasteiger partial charge in [-0.1, -0.05) is 0 Å². The quantitative estimate of drug-likeness (QED) is 0.672. The van der Waals surface area contributed by atoms with Crippen molar-refractivity contribution >= 4 is 12.0 Å². The minimum Gasteiger partial charge on any atom is -0.502 e. The summed E-state index contributed by atoms with van der Waals surface area (Å²) in [5, 5.41) is 29.1. The Balaban J connectivity index is 2.50. The van der Waals surface area contributed by atoms with Crippen molar-refractivity contribution in [3.63, 3.8) is 0 Å². The summed E-state index contributed by atoms with van der Waals surface area (Å²) < 4.78 is 30.7. The van der Waals surface area contributed by atoms with Crippen molar-refractivity contribution in [2.45, 2.75) is 0 Å². The van der Waals surface area contributed by atoms with Gasteiger partial charge in [0.2, 0.25) is 17.4 Å². The van der Waals surface area contributed by atoms with E-state index < -0.39 is 35.1 Å². The molecule has 0 fully saturated rings. The first-order valence-electron chi connectivity index (χ1n) is 4.90. The summed E-state index contributed by atoms with van der Waals surface area (Å²) in [6.07, 6.45) is -1.53. The second kappa shape index (κ2) is 4.48. The lowest BCUT2D eigenvalue weighted by Gasteiger charge is -1.99. The van der Waals surface area contributed by atoms with E-state index in [0.29, 0.717) is 0 Å². The second-order valence-electron chi connectivity index (χ2n) is 3.52. The van der Waals surface area contributed by atoms with Crippen LogP contribution in [0.5, 0.6) is 11.5 Å². The molecule has 0 radical (unpaired) electrons. The van der Waals surface area contributed by atoms with Crippen molar-refractivity contribution in [3.8, 4) is 22.8 Å². The smallest absolute Gasteiger partial charge is 0.411 e. The normalized spacial score (nSPS) is 10.4. The molecule has 1 aromatic heterocycles. The molecule has 2 rings (SSSR count). The zero-order chi connectivity index (χ0) is 14.2. The van der Waals surface area contributed by atoms with Crippen LogP contribution in [0.4, 0.5) is 19.5 Å². The summed E-state index contributed by atoms with van der Waals surface area (Å²) in [4.78, 5) is 10.4. The molecule has 8 heteroatoms. The van der Waals surface area contributed by atoms with E-state index in [0.717, 1.165) is 18.2 Å². The SMILES string of the molecule is O=C(O)Nc1oc(-c2ccc(F)c(F)c2)c(O)c1O. The van der Waals surface area contributed by atoms with Crippen LogP contribution in [0.2, 0.25) is 0 Å². The Kier molecular flexibility index (Phi) is 2.99. The Labute approximate surface area is 104 Å². The highest BCUT2D eigenvalue weighted by molar-refractivity contribution is 5.86. The molecule has 2 aromatic rings. The average molecular weight is 271 g/mol. The zero-order valence-electron chi connectivity index (χ0n) is 9.15. The molecule has 1 heterocycles. The highest BCUT2D eigenvalue weighted by Crippen LogP contribution is 2.45. The number of amides is 1. The van der Waals surface area contributed by atoms with Gasteiger partial charge >= 0.3 is 6.09 Å². The van der Waals surface area contributed by atoms with E-state index in [2.05, 4.69) is 0 Å². The van der Waals surface area contributed by atoms with E-state index in [1.807, 2.05) is 0 Å². The van der Waals surface area contributed by atoms with Gasteiger partial charge in [0.25, 0.3) is 0 Å². The molecular formula is C11H7F2NO5.